The van der Waals surface area contributed by atoms with Crippen LogP contribution in [0, 0.1) is 6.57 Å². The van der Waals surface area contributed by atoms with Crippen LogP contribution in [0.5, 0.6) is 0 Å². The van der Waals surface area contributed by atoms with Gasteiger partial charge in [0.1, 0.15) is 0 Å². The molecule has 0 atom stereocenters. The molecule has 5 nitrogen and oxygen atoms in total. The van der Waals surface area contributed by atoms with Crippen molar-refractivity contribution in [1.29, 1.82) is 0 Å². The topological polar surface area (TPSA) is 24.1 Å². The van der Waals surface area contributed by atoms with Gasteiger partial charge in [-0.25, -0.2) is 4.85 Å². The SMILES string of the molecule is [C-]#[N+]c1cc(-c2cc(C(F)(F)F)c(-n3c4ccccc4c4ccccc43)cc2-n2c3ccccc3c3ccccc32)c(-n2c3ccccc3c3ccccc32)cc1-n1c2ccccc2c2ccccc21. The molecule has 14 rings (SSSR count). The number of rotatable bonds is 5. The van der Waals surface area contributed by atoms with Crippen molar-refractivity contribution in [2.45, 2.75) is 6.18 Å². The third-order valence-electron chi connectivity index (χ3n) is 14.2. The average molecular weight is 908 g/mol. The summed E-state index contributed by atoms with van der Waals surface area (Å²) in [6, 6.07) is 70.9. The van der Waals surface area contributed by atoms with Crippen LogP contribution in [-0.4, -0.2) is 18.3 Å². The predicted octanol–water partition coefficient (Wildman–Crippen LogP) is 17.3. The Hall–Kier alpha value is -9.32. The molecule has 0 saturated carbocycles. The molecule has 0 fully saturated rings. The molecule has 0 radical (unpaired) electrons. The second-order valence-corrected chi connectivity index (χ2v) is 17.8. The summed E-state index contributed by atoms with van der Waals surface area (Å²) in [4.78, 5) is 4.25. The van der Waals surface area contributed by atoms with Crippen molar-refractivity contribution >= 4 is 92.9 Å². The van der Waals surface area contributed by atoms with Gasteiger partial charge in [-0.2, -0.15) is 13.2 Å². The summed E-state index contributed by atoms with van der Waals surface area (Å²) in [5.41, 5.74) is 8.62. The molecule has 4 heterocycles. The van der Waals surface area contributed by atoms with Gasteiger partial charge in [0.2, 0.25) is 5.69 Å². The molecule has 0 N–H and O–H groups in total. The van der Waals surface area contributed by atoms with E-state index < -0.39 is 11.7 Å². The quantitative estimate of drug-likeness (QED) is 0.154. The zero-order chi connectivity index (χ0) is 46.8. The van der Waals surface area contributed by atoms with Crippen LogP contribution in [0.2, 0.25) is 0 Å². The molecule has 0 aliphatic rings. The molecule has 330 valence electrons. The van der Waals surface area contributed by atoms with Gasteiger partial charge >= 0.3 is 6.18 Å². The average Bonchev–Trinajstić information content (AvgIpc) is 4.13. The molecule has 14 aromatic rings. The number of hydrogen-bond acceptors (Lipinski definition) is 0. The summed E-state index contributed by atoms with van der Waals surface area (Å²) in [5.74, 6) is 0. The van der Waals surface area contributed by atoms with E-state index in [1.807, 2.05) is 146 Å². The Morgan fingerprint density at radius 1 is 0.300 bits per heavy atom. The highest BCUT2D eigenvalue weighted by Gasteiger charge is 2.37. The lowest BCUT2D eigenvalue weighted by molar-refractivity contribution is -0.137. The Morgan fingerprint density at radius 2 is 0.543 bits per heavy atom. The van der Waals surface area contributed by atoms with Gasteiger partial charge in [-0.1, -0.05) is 146 Å². The van der Waals surface area contributed by atoms with Crippen LogP contribution in [0.1, 0.15) is 5.56 Å². The molecule has 4 aromatic heterocycles. The largest absolute Gasteiger partial charge is 0.418 e. The molecule has 0 spiro atoms. The number of benzene rings is 10. The second kappa shape index (κ2) is 14.8. The Kier molecular flexibility index (Phi) is 8.44. The van der Waals surface area contributed by atoms with Gasteiger partial charge in [0.25, 0.3) is 0 Å². The van der Waals surface area contributed by atoms with Crippen molar-refractivity contribution in [3.63, 3.8) is 0 Å². The first-order chi connectivity index (χ1) is 34.4. The zero-order valence-corrected chi connectivity index (χ0v) is 37.2. The van der Waals surface area contributed by atoms with E-state index >= 15 is 13.2 Å². The van der Waals surface area contributed by atoms with E-state index in [2.05, 4.69) is 79.2 Å². The summed E-state index contributed by atoms with van der Waals surface area (Å²) < 4.78 is 57.7. The van der Waals surface area contributed by atoms with Crippen LogP contribution in [-0.2, 0) is 6.18 Å². The fourth-order valence-electron chi connectivity index (χ4n) is 11.4. The normalized spacial score (nSPS) is 12.2. The van der Waals surface area contributed by atoms with Crippen LogP contribution in [0.4, 0.5) is 18.9 Å². The zero-order valence-electron chi connectivity index (χ0n) is 37.2. The lowest BCUT2D eigenvalue weighted by Crippen LogP contribution is -2.13. The van der Waals surface area contributed by atoms with Crippen LogP contribution >= 0.6 is 0 Å². The summed E-state index contributed by atoms with van der Waals surface area (Å²) in [5, 5.41) is 7.69. The number of fused-ring (bicyclic) bond motifs is 12. The van der Waals surface area contributed by atoms with Crippen LogP contribution in [0.3, 0.4) is 0 Å². The molecule has 0 amide bonds. The summed E-state index contributed by atoms with van der Waals surface area (Å²) in [6.45, 7) is 8.92. The van der Waals surface area contributed by atoms with E-state index in [1.54, 1.807) is 10.6 Å². The second-order valence-electron chi connectivity index (χ2n) is 17.8. The lowest BCUT2D eigenvalue weighted by Gasteiger charge is -2.24. The van der Waals surface area contributed by atoms with E-state index in [4.69, 9.17) is 6.57 Å². The Labute approximate surface area is 398 Å². The number of aromatic nitrogens is 4. The molecule has 0 aliphatic heterocycles. The van der Waals surface area contributed by atoms with Gasteiger partial charge in [0, 0.05) is 48.7 Å². The maximum absolute atomic E-state index is 16.5. The fourth-order valence-corrected chi connectivity index (χ4v) is 11.4. The molecule has 0 saturated heterocycles. The van der Waals surface area contributed by atoms with Crippen molar-refractivity contribution in [3.05, 3.63) is 235 Å². The van der Waals surface area contributed by atoms with Crippen LogP contribution in [0.15, 0.2) is 218 Å². The van der Waals surface area contributed by atoms with Crippen molar-refractivity contribution in [1.82, 2.24) is 18.3 Å². The fraction of sp³-hybridized carbons (Fsp3) is 0.0161. The molecule has 70 heavy (non-hydrogen) atoms. The first-order valence-corrected chi connectivity index (χ1v) is 23.1. The minimum atomic E-state index is -4.81. The maximum atomic E-state index is 16.5. The Bertz CT molecular complexity index is 4340. The van der Waals surface area contributed by atoms with Crippen molar-refractivity contribution in [3.8, 4) is 33.9 Å². The van der Waals surface area contributed by atoms with Crippen LogP contribution < -0.4 is 0 Å². The van der Waals surface area contributed by atoms with E-state index in [9.17, 15) is 0 Å². The summed E-state index contributed by atoms with van der Waals surface area (Å²) in [7, 11) is 0. The van der Waals surface area contributed by atoms with E-state index in [1.165, 1.54) is 6.07 Å². The number of alkyl halides is 3. The van der Waals surface area contributed by atoms with E-state index in [0.29, 0.717) is 44.9 Å². The standard InChI is InChI=1S/C62H36F3N5/c1-66-49-35-47(59(68-52-28-12-4-20-40(52)41-21-5-13-29-53(41)68)37-61(49)70-56-32-16-8-24-44(56)45-25-9-17-33-57(45)70)46-34-48(62(63,64)65)60(69-54-30-14-6-22-42(54)43-23-7-15-31-55(43)69)36-58(46)67-50-26-10-2-18-38(50)39-19-3-11-27-51(39)67/h2-37H. The van der Waals surface area contributed by atoms with Crippen molar-refractivity contribution < 1.29 is 13.2 Å². The van der Waals surface area contributed by atoms with Gasteiger partial charge in [-0.3, -0.25) is 0 Å². The minimum absolute atomic E-state index is 0.00349. The molecule has 10 aromatic carbocycles. The lowest BCUT2D eigenvalue weighted by atomic mass is 9.95. The van der Waals surface area contributed by atoms with E-state index in [0.717, 1.165) is 76.2 Å². The third kappa shape index (κ3) is 5.60. The number of nitrogens with zero attached hydrogens (tertiary/aromatic N) is 5. The monoisotopic (exact) mass is 907 g/mol. The van der Waals surface area contributed by atoms with Crippen LogP contribution in [0.25, 0.3) is 126 Å². The van der Waals surface area contributed by atoms with Gasteiger partial charge in [-0.05, 0) is 78.4 Å². The molecular weight excluding hydrogens is 872 g/mol. The highest BCUT2D eigenvalue weighted by atomic mass is 19.4. The Morgan fingerprint density at radius 3 is 0.829 bits per heavy atom. The van der Waals surface area contributed by atoms with Crippen molar-refractivity contribution in [2.75, 3.05) is 0 Å². The van der Waals surface area contributed by atoms with Gasteiger partial charge in [-0.15, -0.1) is 0 Å². The first-order valence-electron chi connectivity index (χ1n) is 23.1. The van der Waals surface area contributed by atoms with Gasteiger partial charge in [0.05, 0.1) is 79.0 Å². The van der Waals surface area contributed by atoms with Gasteiger partial charge in [0.15, 0.2) is 0 Å². The highest BCUT2D eigenvalue weighted by molar-refractivity contribution is 6.14. The summed E-state index contributed by atoms with van der Waals surface area (Å²) >= 11 is 0. The molecule has 0 unspecified atom stereocenters. The van der Waals surface area contributed by atoms with E-state index in [-0.39, 0.29) is 5.69 Å². The first kappa shape index (κ1) is 39.8. The smallest absolute Gasteiger partial charge is 0.319 e. The number of halogens is 3. The number of para-hydroxylation sites is 8. The maximum Gasteiger partial charge on any atom is 0.418 e. The molecular formula is C62H36F3N5. The predicted molar refractivity (Wildman–Crippen MR) is 280 cm³/mol. The third-order valence-corrected chi connectivity index (χ3v) is 14.2. The highest BCUT2D eigenvalue weighted by Crippen LogP contribution is 2.49. The number of hydrogen-bond donors (Lipinski definition) is 0. The Balaban J connectivity index is 1.20. The molecule has 8 heteroatoms. The minimum Gasteiger partial charge on any atom is -0.319 e. The van der Waals surface area contributed by atoms with Crippen molar-refractivity contribution in [2.24, 2.45) is 0 Å². The van der Waals surface area contributed by atoms with Gasteiger partial charge < -0.3 is 18.3 Å². The molecule has 0 aliphatic carbocycles. The summed E-state index contributed by atoms with van der Waals surface area (Å²) in [6.07, 6.45) is -4.81. The molecule has 0 bridgehead atoms.